The van der Waals surface area contributed by atoms with Crippen LogP contribution >= 0.6 is 0 Å². The molecule has 1 fully saturated rings. The van der Waals surface area contributed by atoms with Crippen molar-refractivity contribution in [2.45, 2.75) is 52.0 Å². The number of amides is 1. The summed E-state index contributed by atoms with van der Waals surface area (Å²) < 4.78 is 40.9. The predicted molar refractivity (Wildman–Crippen MR) is 146 cm³/mol. The number of alkyl halides is 3. The van der Waals surface area contributed by atoms with Gasteiger partial charge in [0.1, 0.15) is 0 Å². The van der Waals surface area contributed by atoms with Gasteiger partial charge in [0.25, 0.3) is 0 Å². The van der Waals surface area contributed by atoms with E-state index < -0.39 is 11.7 Å². The molecule has 2 N–H and O–H groups in total. The monoisotopic (exact) mass is 531 g/mol. The molecule has 4 rings (SSSR count). The average Bonchev–Trinajstić information content (AvgIpc) is 3.69. The lowest BCUT2D eigenvalue weighted by Gasteiger charge is -2.27. The van der Waals surface area contributed by atoms with Crippen molar-refractivity contribution in [2.24, 2.45) is 5.92 Å². The SMILES string of the molecule is CC(C)NCCN(Cc1ccccc1C(F)(F)F)C(=O)CNc1cccc2c1N(C)CCN(CC1CC1)C2. The highest BCUT2D eigenvalue weighted by molar-refractivity contribution is 5.83. The van der Waals surface area contributed by atoms with E-state index in [2.05, 4.69) is 33.5 Å². The fourth-order valence-electron chi connectivity index (χ4n) is 5.06. The number of carbonyl (C=O) groups is 1. The molecule has 1 saturated carbocycles. The quantitative estimate of drug-likeness (QED) is 0.436. The molecule has 0 radical (unpaired) electrons. The summed E-state index contributed by atoms with van der Waals surface area (Å²) in [6, 6.07) is 11.8. The fourth-order valence-corrected chi connectivity index (χ4v) is 5.06. The van der Waals surface area contributed by atoms with E-state index in [0.29, 0.717) is 13.1 Å². The van der Waals surface area contributed by atoms with Crippen molar-refractivity contribution in [3.63, 3.8) is 0 Å². The van der Waals surface area contributed by atoms with Gasteiger partial charge in [-0.15, -0.1) is 0 Å². The zero-order chi connectivity index (χ0) is 27.3. The Morgan fingerprint density at radius 3 is 2.58 bits per heavy atom. The van der Waals surface area contributed by atoms with Crippen LogP contribution in [0.15, 0.2) is 42.5 Å². The summed E-state index contributed by atoms with van der Waals surface area (Å²) >= 11 is 0. The van der Waals surface area contributed by atoms with Crippen molar-refractivity contribution >= 4 is 17.3 Å². The zero-order valence-electron chi connectivity index (χ0n) is 22.7. The number of anilines is 2. The third-order valence-corrected chi connectivity index (χ3v) is 7.26. The molecule has 0 bridgehead atoms. The van der Waals surface area contributed by atoms with Crippen LogP contribution < -0.4 is 15.5 Å². The Hall–Kier alpha value is -2.78. The number of halogens is 3. The van der Waals surface area contributed by atoms with Gasteiger partial charge < -0.3 is 20.4 Å². The van der Waals surface area contributed by atoms with Crippen molar-refractivity contribution in [1.29, 1.82) is 0 Å². The second-order valence-corrected chi connectivity index (χ2v) is 10.8. The normalized spacial score (nSPS) is 16.3. The van der Waals surface area contributed by atoms with Crippen molar-refractivity contribution < 1.29 is 18.0 Å². The molecular formula is C29H40F3N5O. The second-order valence-electron chi connectivity index (χ2n) is 10.8. The van der Waals surface area contributed by atoms with E-state index in [1.165, 1.54) is 35.4 Å². The summed E-state index contributed by atoms with van der Waals surface area (Å²) in [6.45, 7) is 8.61. The molecule has 38 heavy (non-hydrogen) atoms. The minimum Gasteiger partial charge on any atom is -0.374 e. The number of hydrogen-bond donors (Lipinski definition) is 2. The second kappa shape index (κ2) is 12.4. The maximum absolute atomic E-state index is 13.6. The molecule has 9 heteroatoms. The van der Waals surface area contributed by atoms with Gasteiger partial charge >= 0.3 is 6.18 Å². The van der Waals surface area contributed by atoms with E-state index in [1.54, 1.807) is 6.07 Å². The molecule has 1 amide bonds. The molecule has 0 saturated heterocycles. The Kier molecular flexibility index (Phi) is 9.20. The molecule has 6 nitrogen and oxygen atoms in total. The molecule has 0 spiro atoms. The number of fused-ring (bicyclic) bond motifs is 1. The van der Waals surface area contributed by atoms with Crippen molar-refractivity contribution in [2.75, 3.05) is 56.5 Å². The van der Waals surface area contributed by atoms with Gasteiger partial charge in [0.15, 0.2) is 0 Å². The molecule has 1 aliphatic carbocycles. The topological polar surface area (TPSA) is 50.9 Å². The molecule has 208 valence electrons. The highest BCUT2D eigenvalue weighted by atomic mass is 19.4. The van der Waals surface area contributed by atoms with Crippen LogP contribution in [0.2, 0.25) is 0 Å². The summed E-state index contributed by atoms with van der Waals surface area (Å²) in [7, 11) is 2.07. The Morgan fingerprint density at radius 2 is 1.87 bits per heavy atom. The number of benzene rings is 2. The molecule has 1 heterocycles. The summed E-state index contributed by atoms with van der Waals surface area (Å²) in [5, 5.41) is 6.58. The van der Waals surface area contributed by atoms with E-state index in [1.807, 2.05) is 26.0 Å². The van der Waals surface area contributed by atoms with Crippen LogP contribution in [0.4, 0.5) is 24.5 Å². The van der Waals surface area contributed by atoms with Crippen molar-refractivity contribution in [1.82, 2.24) is 15.1 Å². The Morgan fingerprint density at radius 1 is 1.11 bits per heavy atom. The number of para-hydroxylation sites is 1. The highest BCUT2D eigenvalue weighted by Gasteiger charge is 2.33. The predicted octanol–water partition coefficient (Wildman–Crippen LogP) is 4.81. The number of nitrogens with one attached hydrogen (secondary N) is 2. The van der Waals surface area contributed by atoms with Gasteiger partial charge in [-0.1, -0.05) is 44.2 Å². The van der Waals surface area contributed by atoms with Gasteiger partial charge in [-0.05, 0) is 42.0 Å². The largest absolute Gasteiger partial charge is 0.416 e. The number of likely N-dealkylation sites (N-methyl/N-ethyl adjacent to an activating group) is 1. The molecular weight excluding hydrogens is 491 g/mol. The van der Waals surface area contributed by atoms with Gasteiger partial charge in [0.05, 0.1) is 23.5 Å². The highest BCUT2D eigenvalue weighted by Crippen LogP contribution is 2.35. The molecule has 0 aromatic heterocycles. The summed E-state index contributed by atoms with van der Waals surface area (Å²) in [6.07, 6.45) is -1.83. The first-order valence-electron chi connectivity index (χ1n) is 13.6. The van der Waals surface area contributed by atoms with Crippen LogP contribution in [0.25, 0.3) is 0 Å². The minimum atomic E-state index is -4.47. The van der Waals surface area contributed by atoms with Crippen LogP contribution in [0.1, 0.15) is 43.4 Å². The summed E-state index contributed by atoms with van der Waals surface area (Å²) in [5.74, 6) is 0.580. The van der Waals surface area contributed by atoms with Gasteiger partial charge in [0, 0.05) is 58.9 Å². The van der Waals surface area contributed by atoms with Crippen LogP contribution in [0, 0.1) is 5.92 Å². The standard InChI is InChI=1S/C29H40F3N5O/c1-21(2)33-13-14-37(20-23-7-4-5-9-25(23)29(30,31)32)27(38)17-34-26-10-6-8-24-19-36(18-22-11-12-22)16-15-35(3)28(24)26/h4-10,21-22,33-34H,11-20H2,1-3H3. The lowest BCUT2D eigenvalue weighted by Crippen LogP contribution is -2.41. The van der Waals surface area contributed by atoms with Crippen molar-refractivity contribution in [3.8, 4) is 0 Å². The van der Waals surface area contributed by atoms with E-state index in [9.17, 15) is 18.0 Å². The third-order valence-electron chi connectivity index (χ3n) is 7.26. The number of carbonyl (C=O) groups excluding carboxylic acids is 1. The molecule has 2 aromatic rings. The summed E-state index contributed by atoms with van der Waals surface area (Å²) in [5.41, 5.74) is 2.59. The van der Waals surface area contributed by atoms with Gasteiger partial charge in [-0.2, -0.15) is 13.2 Å². The minimum absolute atomic E-state index is 0.00590. The van der Waals surface area contributed by atoms with Gasteiger partial charge in [-0.25, -0.2) is 0 Å². The Labute approximate surface area is 224 Å². The van der Waals surface area contributed by atoms with E-state index in [-0.39, 0.29) is 30.6 Å². The Balaban J connectivity index is 1.48. The zero-order valence-corrected chi connectivity index (χ0v) is 22.7. The van der Waals surface area contributed by atoms with Crippen LogP contribution in [-0.4, -0.2) is 68.1 Å². The molecule has 2 aliphatic rings. The van der Waals surface area contributed by atoms with E-state index in [4.69, 9.17) is 0 Å². The van der Waals surface area contributed by atoms with E-state index >= 15 is 0 Å². The number of nitrogens with zero attached hydrogens (tertiary/aromatic N) is 3. The lowest BCUT2D eigenvalue weighted by molar-refractivity contribution is -0.139. The first-order chi connectivity index (χ1) is 18.1. The molecule has 1 aliphatic heterocycles. The smallest absolute Gasteiger partial charge is 0.374 e. The maximum atomic E-state index is 13.6. The first kappa shape index (κ1) is 28.2. The van der Waals surface area contributed by atoms with Gasteiger partial charge in [-0.3, -0.25) is 9.69 Å². The molecule has 0 unspecified atom stereocenters. The lowest BCUT2D eigenvalue weighted by atomic mass is 10.1. The summed E-state index contributed by atoms with van der Waals surface area (Å²) in [4.78, 5) is 19.6. The van der Waals surface area contributed by atoms with Crippen LogP contribution in [0.5, 0.6) is 0 Å². The number of hydrogen-bond acceptors (Lipinski definition) is 5. The van der Waals surface area contributed by atoms with E-state index in [0.717, 1.165) is 49.5 Å². The molecule has 0 atom stereocenters. The number of rotatable bonds is 11. The van der Waals surface area contributed by atoms with Crippen LogP contribution in [0.3, 0.4) is 0 Å². The fraction of sp³-hybridized carbons (Fsp3) is 0.552. The average molecular weight is 532 g/mol. The molecule has 2 aromatic carbocycles. The third kappa shape index (κ3) is 7.63. The van der Waals surface area contributed by atoms with Crippen molar-refractivity contribution in [3.05, 3.63) is 59.2 Å². The van der Waals surface area contributed by atoms with Crippen LogP contribution in [-0.2, 0) is 24.1 Å². The van der Waals surface area contributed by atoms with Gasteiger partial charge in [0.2, 0.25) is 5.91 Å². The Bertz CT molecular complexity index is 1090. The maximum Gasteiger partial charge on any atom is 0.416 e. The first-order valence-corrected chi connectivity index (χ1v) is 13.6.